The molecular weight excluding hydrogens is 382 g/mol. The van der Waals surface area contributed by atoms with Crippen LogP contribution in [-0.4, -0.2) is 21.2 Å². The molecule has 5 nitrogen and oxygen atoms in total. The van der Waals surface area contributed by atoms with Crippen molar-refractivity contribution in [1.82, 2.24) is 14.9 Å². The van der Waals surface area contributed by atoms with Crippen LogP contribution in [0.1, 0.15) is 44.3 Å². The molecule has 1 heterocycles. The number of carbonyl (C=O) groups excluding carboxylic acids is 1. The average molecular weight is 408 g/mol. The van der Waals surface area contributed by atoms with Crippen LogP contribution in [0.3, 0.4) is 0 Å². The molecule has 1 aromatic heterocycles. The van der Waals surface area contributed by atoms with Crippen molar-refractivity contribution in [3.63, 3.8) is 0 Å². The van der Waals surface area contributed by atoms with Crippen LogP contribution in [0.4, 0.5) is 0 Å². The lowest BCUT2D eigenvalue weighted by Gasteiger charge is -2.23. The molecule has 0 bridgehead atoms. The molecule has 0 spiro atoms. The Morgan fingerprint density at radius 1 is 1.14 bits per heavy atom. The number of hydrogen-bond acceptors (Lipinski definition) is 4. The quantitative estimate of drug-likeness (QED) is 0.467. The predicted molar refractivity (Wildman–Crippen MR) is 117 cm³/mol. The van der Waals surface area contributed by atoms with Gasteiger partial charge in [-0.1, -0.05) is 68.1 Å². The summed E-state index contributed by atoms with van der Waals surface area (Å²) < 4.78 is 1.78. The number of para-hydroxylation sites is 1. The summed E-state index contributed by atoms with van der Waals surface area (Å²) in [7, 11) is 0. The fourth-order valence-electron chi connectivity index (χ4n) is 3.52. The van der Waals surface area contributed by atoms with Crippen LogP contribution in [0.2, 0.25) is 0 Å². The Morgan fingerprint density at radius 2 is 1.83 bits per heavy atom. The summed E-state index contributed by atoms with van der Waals surface area (Å²) in [4.78, 5) is 30.3. The summed E-state index contributed by atoms with van der Waals surface area (Å²) in [6, 6.07) is 17.6. The number of benzene rings is 2. The molecule has 1 N–H and O–H groups in total. The molecule has 1 aliphatic carbocycles. The highest BCUT2D eigenvalue weighted by atomic mass is 32.2. The van der Waals surface area contributed by atoms with Crippen molar-refractivity contribution in [2.75, 3.05) is 5.75 Å². The van der Waals surface area contributed by atoms with E-state index in [-0.39, 0.29) is 35.2 Å². The fourth-order valence-corrected chi connectivity index (χ4v) is 4.40. The molecule has 1 amide bonds. The van der Waals surface area contributed by atoms with Crippen LogP contribution in [0.5, 0.6) is 0 Å². The van der Waals surface area contributed by atoms with Crippen LogP contribution in [-0.2, 0) is 4.79 Å². The Bertz CT molecular complexity index is 1070. The van der Waals surface area contributed by atoms with Gasteiger partial charge in [-0.2, -0.15) is 0 Å². The summed E-state index contributed by atoms with van der Waals surface area (Å²) in [5.41, 5.74) is 1.77. The zero-order valence-corrected chi connectivity index (χ0v) is 17.5. The summed E-state index contributed by atoms with van der Waals surface area (Å²) in [6.07, 6.45) is 1.98. The normalized spacial score (nSPS) is 14.9. The molecule has 4 rings (SSSR count). The van der Waals surface area contributed by atoms with Gasteiger partial charge in [-0.25, -0.2) is 4.98 Å². The molecule has 0 saturated heterocycles. The van der Waals surface area contributed by atoms with Crippen LogP contribution in [0, 0.1) is 5.92 Å². The van der Waals surface area contributed by atoms with Gasteiger partial charge in [0.1, 0.15) is 0 Å². The van der Waals surface area contributed by atoms with E-state index in [2.05, 4.69) is 24.1 Å². The van der Waals surface area contributed by atoms with Crippen molar-refractivity contribution in [2.24, 2.45) is 5.92 Å². The Labute approximate surface area is 174 Å². The van der Waals surface area contributed by atoms with Crippen molar-refractivity contribution in [3.8, 4) is 0 Å². The molecule has 3 aromatic rings. The second kappa shape index (κ2) is 8.41. The summed E-state index contributed by atoms with van der Waals surface area (Å²) in [6.45, 7) is 4.20. The molecular formula is C23H25N3O2S. The van der Waals surface area contributed by atoms with Gasteiger partial charge < -0.3 is 5.32 Å². The third-order valence-corrected chi connectivity index (χ3v) is 6.11. The van der Waals surface area contributed by atoms with Crippen molar-refractivity contribution in [3.05, 3.63) is 70.5 Å². The molecule has 150 valence electrons. The molecule has 0 radical (unpaired) electrons. The summed E-state index contributed by atoms with van der Waals surface area (Å²) in [5, 5.41) is 4.41. The molecule has 1 aliphatic rings. The first-order valence-corrected chi connectivity index (χ1v) is 11.0. The molecule has 1 fully saturated rings. The number of rotatable bonds is 7. The van der Waals surface area contributed by atoms with E-state index in [0.29, 0.717) is 16.1 Å². The molecule has 1 saturated carbocycles. The van der Waals surface area contributed by atoms with E-state index in [1.54, 1.807) is 4.57 Å². The van der Waals surface area contributed by atoms with Gasteiger partial charge in [0, 0.05) is 6.04 Å². The SMILES string of the molecule is CC(C)C(NC(=O)CSc1nc2ccccc2c(=O)n1C1CC1)c1ccccc1. The highest BCUT2D eigenvalue weighted by Gasteiger charge is 2.29. The lowest BCUT2D eigenvalue weighted by molar-refractivity contribution is -0.119. The van der Waals surface area contributed by atoms with Crippen LogP contribution < -0.4 is 10.9 Å². The first-order valence-electron chi connectivity index (χ1n) is 10.0. The first-order chi connectivity index (χ1) is 14.0. The lowest BCUT2D eigenvalue weighted by Crippen LogP contribution is -2.33. The van der Waals surface area contributed by atoms with E-state index >= 15 is 0 Å². The summed E-state index contributed by atoms with van der Waals surface area (Å²) >= 11 is 1.34. The zero-order valence-electron chi connectivity index (χ0n) is 16.7. The van der Waals surface area contributed by atoms with Gasteiger partial charge in [0.2, 0.25) is 5.91 Å². The van der Waals surface area contributed by atoms with Gasteiger partial charge in [-0.15, -0.1) is 0 Å². The van der Waals surface area contributed by atoms with E-state index < -0.39 is 0 Å². The highest BCUT2D eigenvalue weighted by Crippen LogP contribution is 2.36. The third-order valence-electron chi connectivity index (χ3n) is 5.16. The summed E-state index contributed by atoms with van der Waals surface area (Å²) in [5.74, 6) is 0.449. The minimum absolute atomic E-state index is 0.00893. The van der Waals surface area contributed by atoms with E-state index in [1.807, 2.05) is 54.6 Å². The van der Waals surface area contributed by atoms with Gasteiger partial charge in [0.25, 0.3) is 5.56 Å². The third kappa shape index (κ3) is 4.37. The van der Waals surface area contributed by atoms with E-state index in [1.165, 1.54) is 11.8 Å². The monoisotopic (exact) mass is 407 g/mol. The van der Waals surface area contributed by atoms with Crippen molar-refractivity contribution in [1.29, 1.82) is 0 Å². The lowest BCUT2D eigenvalue weighted by atomic mass is 9.96. The Hall–Kier alpha value is -2.60. The Balaban J connectivity index is 1.53. The fraction of sp³-hybridized carbons (Fsp3) is 0.348. The van der Waals surface area contributed by atoms with Crippen molar-refractivity contribution < 1.29 is 4.79 Å². The molecule has 6 heteroatoms. The topological polar surface area (TPSA) is 64.0 Å². The molecule has 1 unspecified atom stereocenters. The van der Waals surface area contributed by atoms with Crippen LogP contribution in [0.25, 0.3) is 10.9 Å². The number of nitrogens with zero attached hydrogens (tertiary/aromatic N) is 2. The van der Waals surface area contributed by atoms with Gasteiger partial charge in [0.15, 0.2) is 5.16 Å². The first kappa shape index (κ1) is 19.7. The van der Waals surface area contributed by atoms with Crippen molar-refractivity contribution in [2.45, 2.75) is 43.9 Å². The molecule has 0 aliphatic heterocycles. The Kier molecular flexibility index (Phi) is 5.72. The van der Waals surface area contributed by atoms with Crippen LogP contribution in [0.15, 0.2) is 64.5 Å². The maximum absolute atomic E-state index is 12.9. The molecule has 2 aromatic carbocycles. The molecule has 1 atom stereocenters. The maximum Gasteiger partial charge on any atom is 0.262 e. The van der Waals surface area contributed by atoms with Gasteiger partial charge in [-0.05, 0) is 36.5 Å². The second-order valence-corrected chi connectivity index (χ2v) is 8.75. The van der Waals surface area contributed by atoms with Crippen LogP contribution >= 0.6 is 11.8 Å². The predicted octanol–water partition coefficient (Wildman–Crippen LogP) is 4.34. The standard InChI is InChI=1S/C23H25N3O2S/c1-15(2)21(16-8-4-3-5-9-16)25-20(27)14-29-23-24-19-11-7-6-10-18(19)22(28)26(23)17-12-13-17/h3-11,15,17,21H,12-14H2,1-2H3,(H,25,27). The van der Waals surface area contributed by atoms with Crippen molar-refractivity contribution >= 4 is 28.6 Å². The van der Waals surface area contributed by atoms with E-state index in [0.717, 1.165) is 18.4 Å². The largest absolute Gasteiger partial charge is 0.348 e. The number of amides is 1. The highest BCUT2D eigenvalue weighted by molar-refractivity contribution is 7.99. The zero-order chi connectivity index (χ0) is 20.4. The van der Waals surface area contributed by atoms with E-state index in [4.69, 9.17) is 0 Å². The van der Waals surface area contributed by atoms with Gasteiger partial charge >= 0.3 is 0 Å². The Morgan fingerprint density at radius 3 is 2.52 bits per heavy atom. The number of carbonyl (C=O) groups is 1. The van der Waals surface area contributed by atoms with Gasteiger partial charge in [-0.3, -0.25) is 14.2 Å². The maximum atomic E-state index is 12.9. The number of hydrogen-bond donors (Lipinski definition) is 1. The minimum Gasteiger partial charge on any atom is -0.348 e. The number of thioether (sulfide) groups is 1. The smallest absolute Gasteiger partial charge is 0.262 e. The van der Waals surface area contributed by atoms with Gasteiger partial charge in [0.05, 0.1) is 22.7 Å². The minimum atomic E-state index is -0.0534. The second-order valence-electron chi connectivity index (χ2n) is 7.81. The average Bonchev–Trinajstić information content (AvgIpc) is 3.56. The number of fused-ring (bicyclic) bond motifs is 1. The molecule has 29 heavy (non-hydrogen) atoms. The number of nitrogens with one attached hydrogen (secondary N) is 1. The van der Waals surface area contributed by atoms with E-state index in [9.17, 15) is 9.59 Å². The number of aromatic nitrogens is 2.